The molecule has 1 atom stereocenters. The van der Waals surface area contributed by atoms with Crippen LogP contribution in [-0.4, -0.2) is 47.4 Å². The highest BCUT2D eigenvalue weighted by molar-refractivity contribution is 6.03. The summed E-state index contributed by atoms with van der Waals surface area (Å²) in [6.07, 6.45) is -5.96. The minimum Gasteiger partial charge on any atom is -0.497 e. The van der Waals surface area contributed by atoms with Crippen molar-refractivity contribution in [3.63, 3.8) is 0 Å². The summed E-state index contributed by atoms with van der Waals surface area (Å²) in [5, 5.41) is 14.1. The summed E-state index contributed by atoms with van der Waals surface area (Å²) in [6.45, 7) is -0.726. The summed E-state index contributed by atoms with van der Waals surface area (Å²) >= 11 is 0. The Kier molecular flexibility index (Phi) is 5.28. The molecule has 0 aliphatic carbocycles. The van der Waals surface area contributed by atoms with E-state index in [4.69, 9.17) is 9.47 Å². The van der Waals surface area contributed by atoms with Gasteiger partial charge in [0, 0.05) is 0 Å². The first-order valence-electron chi connectivity index (χ1n) is 8.26. The van der Waals surface area contributed by atoms with Crippen molar-refractivity contribution in [3.05, 3.63) is 60.2 Å². The fraction of sp³-hybridized carbons (Fsp3) is 0.263. The van der Waals surface area contributed by atoms with Gasteiger partial charge in [0.2, 0.25) is 0 Å². The van der Waals surface area contributed by atoms with E-state index in [-0.39, 0.29) is 16.5 Å². The number of nitrogens with zero attached hydrogens (tertiary/aromatic N) is 2. The van der Waals surface area contributed by atoms with E-state index in [1.165, 1.54) is 19.2 Å². The molecule has 1 heterocycles. The number of benzene rings is 2. The highest BCUT2D eigenvalue weighted by Crippen LogP contribution is 2.41. The molecule has 6 nitrogen and oxygen atoms in total. The van der Waals surface area contributed by atoms with Crippen LogP contribution in [0.1, 0.15) is 12.0 Å². The Balaban J connectivity index is 1.80. The minimum absolute atomic E-state index is 0.0433. The molecule has 0 fully saturated rings. The molecule has 0 aromatic heterocycles. The number of amides is 1. The highest BCUT2D eigenvalue weighted by Gasteiger charge is 2.63. The number of carbonyl (C=O) groups excluding carboxylic acids is 1. The van der Waals surface area contributed by atoms with Crippen LogP contribution in [-0.2, 0) is 4.79 Å². The molecule has 1 amide bonds. The number of carbonyl (C=O) groups is 1. The van der Waals surface area contributed by atoms with Crippen LogP contribution in [0.15, 0.2) is 59.7 Å². The van der Waals surface area contributed by atoms with E-state index in [1.807, 2.05) is 0 Å². The fourth-order valence-corrected chi connectivity index (χ4v) is 2.70. The Morgan fingerprint density at radius 3 is 2.32 bits per heavy atom. The van der Waals surface area contributed by atoms with Gasteiger partial charge in [-0.05, 0) is 29.8 Å². The molecular weight excluding hydrogens is 377 g/mol. The second kappa shape index (κ2) is 7.51. The summed E-state index contributed by atoms with van der Waals surface area (Å²) in [7, 11) is 1.48. The Bertz CT molecular complexity index is 869. The van der Waals surface area contributed by atoms with Crippen LogP contribution in [0, 0.1) is 0 Å². The van der Waals surface area contributed by atoms with Gasteiger partial charge in [-0.15, -0.1) is 0 Å². The summed E-state index contributed by atoms with van der Waals surface area (Å²) in [6, 6.07) is 14.2. The van der Waals surface area contributed by atoms with E-state index >= 15 is 0 Å². The molecule has 148 valence electrons. The largest absolute Gasteiger partial charge is 0.497 e. The first-order valence-corrected chi connectivity index (χ1v) is 8.26. The van der Waals surface area contributed by atoms with Crippen molar-refractivity contribution in [3.8, 4) is 11.5 Å². The van der Waals surface area contributed by atoms with Gasteiger partial charge in [-0.1, -0.05) is 30.3 Å². The van der Waals surface area contributed by atoms with Gasteiger partial charge in [0.25, 0.3) is 11.6 Å². The summed E-state index contributed by atoms with van der Waals surface area (Å²) in [4.78, 5) is 12.4. The van der Waals surface area contributed by atoms with Gasteiger partial charge in [-0.25, -0.2) is 0 Å². The van der Waals surface area contributed by atoms with Gasteiger partial charge in [-0.2, -0.15) is 23.3 Å². The van der Waals surface area contributed by atoms with Gasteiger partial charge in [0.05, 0.1) is 19.2 Å². The van der Waals surface area contributed by atoms with Gasteiger partial charge in [0.1, 0.15) is 11.5 Å². The smallest absolute Gasteiger partial charge is 0.438 e. The Labute approximate surface area is 158 Å². The van der Waals surface area contributed by atoms with Crippen LogP contribution in [0.4, 0.5) is 13.2 Å². The summed E-state index contributed by atoms with van der Waals surface area (Å²) in [5.41, 5.74) is -3.09. The Morgan fingerprint density at radius 2 is 1.75 bits per heavy atom. The molecule has 3 rings (SSSR count). The number of rotatable bonds is 5. The number of ether oxygens (including phenoxy) is 2. The molecule has 2 aromatic rings. The van der Waals surface area contributed by atoms with Crippen molar-refractivity contribution in [1.29, 1.82) is 0 Å². The maximum Gasteiger partial charge on any atom is 0.438 e. The molecule has 28 heavy (non-hydrogen) atoms. The van der Waals surface area contributed by atoms with Crippen molar-refractivity contribution < 1.29 is 32.5 Å². The average Bonchev–Trinajstić information content (AvgIpc) is 3.06. The predicted octanol–water partition coefficient (Wildman–Crippen LogP) is 2.96. The van der Waals surface area contributed by atoms with E-state index in [0.717, 1.165) is 0 Å². The molecule has 1 aliphatic rings. The molecule has 0 unspecified atom stereocenters. The van der Waals surface area contributed by atoms with Gasteiger partial charge < -0.3 is 14.6 Å². The zero-order chi connectivity index (χ0) is 20.4. The lowest BCUT2D eigenvalue weighted by Crippen LogP contribution is -2.57. The van der Waals surface area contributed by atoms with Gasteiger partial charge in [-0.3, -0.25) is 4.79 Å². The quantitative estimate of drug-likeness (QED) is 0.847. The lowest BCUT2D eigenvalue weighted by atomic mass is 10.0. The highest BCUT2D eigenvalue weighted by atomic mass is 19.4. The van der Waals surface area contributed by atoms with E-state index in [9.17, 15) is 23.1 Å². The normalized spacial score (nSPS) is 19.3. The monoisotopic (exact) mass is 394 g/mol. The number of halogens is 3. The summed E-state index contributed by atoms with van der Waals surface area (Å²) < 4.78 is 50.8. The predicted molar refractivity (Wildman–Crippen MR) is 93.9 cm³/mol. The third-order valence-electron chi connectivity index (χ3n) is 4.20. The zero-order valence-electron chi connectivity index (χ0n) is 14.8. The van der Waals surface area contributed by atoms with Crippen molar-refractivity contribution in [2.24, 2.45) is 5.10 Å². The molecule has 2 aromatic carbocycles. The molecular formula is C19H17F3N2O4. The molecule has 0 spiro atoms. The van der Waals surface area contributed by atoms with Crippen LogP contribution in [0.3, 0.4) is 0 Å². The maximum atomic E-state index is 13.5. The number of alkyl halides is 3. The third-order valence-corrected chi connectivity index (χ3v) is 4.20. The third kappa shape index (κ3) is 3.79. The number of aliphatic hydroxyl groups is 1. The van der Waals surface area contributed by atoms with E-state index in [2.05, 4.69) is 5.10 Å². The number of hydrazone groups is 1. The lowest BCUT2D eigenvalue weighted by molar-refractivity contribution is -0.302. The van der Waals surface area contributed by atoms with E-state index in [1.54, 1.807) is 42.5 Å². The van der Waals surface area contributed by atoms with E-state index in [0.29, 0.717) is 11.3 Å². The van der Waals surface area contributed by atoms with Crippen LogP contribution < -0.4 is 9.47 Å². The second-order valence-electron chi connectivity index (χ2n) is 6.07. The molecule has 0 bridgehead atoms. The number of methoxy groups -OCH3 is 1. The zero-order valence-corrected chi connectivity index (χ0v) is 14.8. The Morgan fingerprint density at radius 1 is 1.14 bits per heavy atom. The van der Waals surface area contributed by atoms with Crippen LogP contribution >= 0.6 is 0 Å². The fourth-order valence-electron chi connectivity index (χ4n) is 2.70. The van der Waals surface area contributed by atoms with Crippen LogP contribution in [0.5, 0.6) is 11.5 Å². The summed E-state index contributed by atoms with van der Waals surface area (Å²) in [5.74, 6) is -0.306. The van der Waals surface area contributed by atoms with Crippen molar-refractivity contribution in [2.75, 3.05) is 13.7 Å². The molecule has 0 radical (unpaired) electrons. The first-order chi connectivity index (χ1) is 13.2. The standard InChI is InChI=1S/C19H17F3N2O4/c1-27-14-7-9-15(10-8-14)28-12-17(25)24-18(26,19(20,21)22)11-16(23-24)13-5-3-2-4-6-13/h2-10,26H,11-12H2,1H3/t18-/m0/s1. The number of hydrogen-bond acceptors (Lipinski definition) is 5. The lowest BCUT2D eigenvalue weighted by Gasteiger charge is -2.32. The minimum atomic E-state index is -5.09. The average molecular weight is 394 g/mol. The number of hydrogen-bond donors (Lipinski definition) is 1. The maximum absolute atomic E-state index is 13.5. The first kappa shape index (κ1) is 19.7. The SMILES string of the molecule is COc1ccc(OCC(=O)N2N=C(c3ccccc3)C[C@]2(O)C(F)(F)F)cc1. The van der Waals surface area contributed by atoms with Crippen molar-refractivity contribution in [2.45, 2.75) is 18.3 Å². The molecule has 9 heteroatoms. The topological polar surface area (TPSA) is 71.4 Å². The molecule has 0 saturated carbocycles. The van der Waals surface area contributed by atoms with Crippen molar-refractivity contribution >= 4 is 11.6 Å². The van der Waals surface area contributed by atoms with Gasteiger partial charge in [0.15, 0.2) is 6.61 Å². The van der Waals surface area contributed by atoms with Crippen LogP contribution in [0.25, 0.3) is 0 Å². The van der Waals surface area contributed by atoms with Crippen molar-refractivity contribution in [1.82, 2.24) is 5.01 Å². The van der Waals surface area contributed by atoms with Gasteiger partial charge >= 0.3 is 6.18 Å². The van der Waals surface area contributed by atoms with E-state index < -0.39 is 30.8 Å². The molecule has 1 N–H and O–H groups in total. The molecule has 1 aliphatic heterocycles. The molecule has 0 saturated heterocycles. The van der Waals surface area contributed by atoms with Crippen LogP contribution in [0.2, 0.25) is 0 Å². The Hall–Kier alpha value is -3.07. The second-order valence-corrected chi connectivity index (χ2v) is 6.07.